The van der Waals surface area contributed by atoms with E-state index in [-0.39, 0.29) is 0 Å². The molecule has 0 aliphatic heterocycles. The van der Waals surface area contributed by atoms with Gasteiger partial charge in [-0.05, 0) is 19.6 Å². The third-order valence-corrected chi connectivity index (χ3v) is 3.52. The molecule has 16 heavy (non-hydrogen) atoms. The molecule has 0 saturated heterocycles. The lowest BCUT2D eigenvalue weighted by molar-refractivity contribution is 0.393. The first kappa shape index (κ1) is 13.1. The maximum Gasteiger partial charge on any atom is 0.221 e. The summed E-state index contributed by atoms with van der Waals surface area (Å²) in [4.78, 5) is 8.24. The summed E-state index contributed by atoms with van der Waals surface area (Å²) >= 11 is 1.87. The topological polar surface area (TPSA) is 47.0 Å². The average Bonchev–Trinajstić information content (AvgIpc) is 2.31. The van der Waals surface area contributed by atoms with Crippen LogP contribution < -0.4 is 10.1 Å². The van der Waals surface area contributed by atoms with E-state index >= 15 is 0 Å². The minimum Gasteiger partial charge on any atom is -0.481 e. The van der Waals surface area contributed by atoms with Crippen LogP contribution in [0.2, 0.25) is 0 Å². The minimum absolute atomic E-state index is 0.635. The number of thioether (sulfide) groups is 1. The number of aromatic nitrogens is 2. The summed E-state index contributed by atoms with van der Waals surface area (Å²) in [5.41, 5.74) is 0.960. The first-order valence-electron chi connectivity index (χ1n) is 5.31. The van der Waals surface area contributed by atoms with Gasteiger partial charge in [0.15, 0.2) is 0 Å². The van der Waals surface area contributed by atoms with Crippen LogP contribution in [0.5, 0.6) is 5.88 Å². The van der Waals surface area contributed by atoms with Crippen molar-refractivity contribution in [3.8, 4) is 5.88 Å². The molecule has 1 aromatic rings. The second-order valence-corrected chi connectivity index (χ2v) is 4.89. The molecule has 1 aromatic heterocycles. The van der Waals surface area contributed by atoms with Crippen molar-refractivity contribution < 1.29 is 4.74 Å². The lowest BCUT2D eigenvalue weighted by Gasteiger charge is -2.12. The quantitative estimate of drug-likeness (QED) is 0.828. The van der Waals surface area contributed by atoms with Crippen LogP contribution in [0.4, 0.5) is 5.82 Å². The highest BCUT2D eigenvalue weighted by Crippen LogP contribution is 2.20. The molecule has 1 unspecified atom stereocenters. The van der Waals surface area contributed by atoms with E-state index in [0.717, 1.165) is 24.3 Å². The summed E-state index contributed by atoms with van der Waals surface area (Å²) in [5, 5.41) is 3.97. The third-order valence-electron chi connectivity index (χ3n) is 2.48. The fraction of sp³-hybridized carbons (Fsp3) is 0.636. The van der Waals surface area contributed by atoms with Gasteiger partial charge in [0, 0.05) is 11.8 Å². The first-order chi connectivity index (χ1) is 7.69. The predicted molar refractivity (Wildman–Crippen MR) is 69.4 cm³/mol. The fourth-order valence-electron chi connectivity index (χ4n) is 1.33. The monoisotopic (exact) mass is 241 g/mol. The van der Waals surface area contributed by atoms with Crippen molar-refractivity contribution in [2.24, 2.45) is 0 Å². The highest BCUT2D eigenvalue weighted by molar-refractivity contribution is 7.99. The molecule has 90 valence electrons. The molecule has 1 heterocycles. The zero-order chi connectivity index (χ0) is 12.0. The van der Waals surface area contributed by atoms with Crippen molar-refractivity contribution in [3.05, 3.63) is 11.9 Å². The molecule has 1 rings (SSSR count). The van der Waals surface area contributed by atoms with Gasteiger partial charge >= 0.3 is 0 Å². The molecule has 4 nitrogen and oxygen atoms in total. The number of hydrogen-bond donors (Lipinski definition) is 1. The van der Waals surface area contributed by atoms with Gasteiger partial charge in [-0.3, -0.25) is 0 Å². The van der Waals surface area contributed by atoms with Crippen LogP contribution in [-0.2, 0) is 0 Å². The minimum atomic E-state index is 0.635. The Morgan fingerprint density at radius 1 is 1.50 bits per heavy atom. The zero-order valence-corrected chi connectivity index (χ0v) is 11.1. The van der Waals surface area contributed by atoms with Gasteiger partial charge in [-0.2, -0.15) is 11.8 Å². The highest BCUT2D eigenvalue weighted by Gasteiger charge is 2.06. The number of hydrogen-bond acceptors (Lipinski definition) is 5. The van der Waals surface area contributed by atoms with Gasteiger partial charge in [0.2, 0.25) is 5.88 Å². The lowest BCUT2D eigenvalue weighted by Crippen LogP contribution is -2.10. The molecule has 0 radical (unpaired) electrons. The van der Waals surface area contributed by atoms with Crippen LogP contribution in [0, 0.1) is 6.92 Å². The normalized spacial score (nSPS) is 12.2. The Bertz CT molecular complexity index is 333. The molecule has 0 aromatic carbocycles. The molecule has 0 fully saturated rings. The van der Waals surface area contributed by atoms with Crippen LogP contribution in [0.25, 0.3) is 0 Å². The molecule has 1 N–H and O–H groups in total. The van der Waals surface area contributed by atoms with Crippen LogP contribution in [0.3, 0.4) is 0 Å². The summed E-state index contributed by atoms with van der Waals surface area (Å²) < 4.78 is 5.14. The number of ether oxygens (including phenoxy) is 1. The van der Waals surface area contributed by atoms with Gasteiger partial charge in [-0.25, -0.2) is 9.97 Å². The molecule has 5 heteroatoms. The molecular formula is C11H19N3OS. The summed E-state index contributed by atoms with van der Waals surface area (Å²) in [6, 6.07) is 0. The molecule has 0 spiro atoms. The lowest BCUT2D eigenvalue weighted by atomic mass is 10.3. The van der Waals surface area contributed by atoms with E-state index in [1.165, 1.54) is 6.33 Å². The Morgan fingerprint density at radius 3 is 2.88 bits per heavy atom. The molecule has 1 atom stereocenters. The largest absolute Gasteiger partial charge is 0.481 e. The van der Waals surface area contributed by atoms with Gasteiger partial charge in [0.05, 0.1) is 12.7 Å². The summed E-state index contributed by atoms with van der Waals surface area (Å²) in [6.45, 7) is 5.10. The van der Waals surface area contributed by atoms with E-state index in [1.54, 1.807) is 7.11 Å². The maximum atomic E-state index is 5.14. The van der Waals surface area contributed by atoms with Gasteiger partial charge < -0.3 is 10.1 Å². The number of rotatable bonds is 6. The molecule has 0 saturated carbocycles. The van der Waals surface area contributed by atoms with Crippen molar-refractivity contribution in [1.82, 2.24) is 9.97 Å². The second kappa shape index (κ2) is 6.58. The van der Waals surface area contributed by atoms with Crippen LogP contribution in [-0.4, -0.2) is 35.1 Å². The van der Waals surface area contributed by atoms with Crippen LogP contribution in [0.15, 0.2) is 6.33 Å². The zero-order valence-electron chi connectivity index (χ0n) is 10.3. The third kappa shape index (κ3) is 3.56. The Hall–Kier alpha value is -0.970. The molecule has 0 aliphatic rings. The van der Waals surface area contributed by atoms with E-state index in [4.69, 9.17) is 4.74 Å². The van der Waals surface area contributed by atoms with Gasteiger partial charge in [-0.1, -0.05) is 6.92 Å². The van der Waals surface area contributed by atoms with Gasteiger partial charge in [-0.15, -0.1) is 0 Å². The van der Waals surface area contributed by atoms with E-state index in [2.05, 4.69) is 28.5 Å². The van der Waals surface area contributed by atoms with Gasteiger partial charge in [0.1, 0.15) is 12.1 Å². The summed E-state index contributed by atoms with van der Waals surface area (Å²) in [7, 11) is 1.62. The Morgan fingerprint density at radius 2 is 2.25 bits per heavy atom. The number of nitrogens with one attached hydrogen (secondary N) is 1. The number of nitrogens with zero attached hydrogens (tertiary/aromatic N) is 2. The van der Waals surface area contributed by atoms with E-state index in [0.29, 0.717) is 11.1 Å². The number of methoxy groups -OCH3 is 1. The summed E-state index contributed by atoms with van der Waals surface area (Å²) in [5.74, 6) is 1.50. The molecular weight excluding hydrogens is 222 g/mol. The number of anilines is 1. The van der Waals surface area contributed by atoms with Crippen molar-refractivity contribution in [1.29, 1.82) is 0 Å². The van der Waals surface area contributed by atoms with E-state index < -0.39 is 0 Å². The standard InChI is InChI=1S/C11H19N3OS/c1-8(16-4)5-6-12-10-9(2)11(15-3)14-7-13-10/h7-8H,5-6H2,1-4H3,(H,12,13,14). The van der Waals surface area contributed by atoms with Crippen molar-refractivity contribution in [2.75, 3.05) is 25.2 Å². The van der Waals surface area contributed by atoms with Crippen molar-refractivity contribution in [2.45, 2.75) is 25.5 Å². The van der Waals surface area contributed by atoms with Crippen LogP contribution in [0.1, 0.15) is 18.9 Å². The summed E-state index contributed by atoms with van der Waals surface area (Å²) in [6.07, 6.45) is 4.77. The Labute approximate surface area is 101 Å². The predicted octanol–water partition coefficient (Wildman–Crippen LogP) is 2.35. The highest BCUT2D eigenvalue weighted by atomic mass is 32.2. The van der Waals surface area contributed by atoms with E-state index in [9.17, 15) is 0 Å². The SMILES string of the molecule is COc1ncnc(NCCC(C)SC)c1C. The maximum absolute atomic E-state index is 5.14. The fourth-order valence-corrected chi connectivity index (χ4v) is 1.68. The Balaban J connectivity index is 2.54. The van der Waals surface area contributed by atoms with Crippen molar-refractivity contribution in [3.63, 3.8) is 0 Å². The average molecular weight is 241 g/mol. The molecule has 0 bridgehead atoms. The first-order valence-corrected chi connectivity index (χ1v) is 6.60. The second-order valence-electron chi connectivity index (χ2n) is 3.62. The van der Waals surface area contributed by atoms with Crippen LogP contribution >= 0.6 is 11.8 Å². The Kier molecular flexibility index (Phi) is 5.38. The molecule has 0 aliphatic carbocycles. The van der Waals surface area contributed by atoms with Gasteiger partial charge in [0.25, 0.3) is 0 Å². The smallest absolute Gasteiger partial charge is 0.221 e. The molecule has 0 amide bonds. The van der Waals surface area contributed by atoms with Crippen molar-refractivity contribution >= 4 is 17.6 Å². The van der Waals surface area contributed by atoms with E-state index in [1.807, 2.05) is 18.7 Å².